The molecule has 1 aromatic heterocycles. The summed E-state index contributed by atoms with van der Waals surface area (Å²) in [4.78, 5) is 20.4. The Bertz CT molecular complexity index is 442. The van der Waals surface area contributed by atoms with E-state index in [9.17, 15) is 27.2 Å². The average molecular weight is 271 g/mol. The molecule has 0 N–H and O–H groups in total. The smallest absolute Gasteiger partial charge is 0.465 e. The van der Waals surface area contributed by atoms with E-state index in [2.05, 4.69) is 4.74 Å². The Hall–Kier alpha value is -1.64. The first-order chi connectivity index (χ1) is 7.79. The number of ether oxygens (including phenoxy) is 1. The maximum absolute atomic E-state index is 12.4. The summed E-state index contributed by atoms with van der Waals surface area (Å²) in [5.41, 5.74) is -0.527. The Morgan fingerprint density at radius 2 is 2.00 bits per heavy atom. The molecule has 0 aliphatic rings. The predicted octanol–water partition coefficient (Wildman–Crippen LogP) is 2.95. The molecule has 0 unspecified atom stereocenters. The summed E-state index contributed by atoms with van der Waals surface area (Å²) in [6, 6.07) is 1.01. The molecule has 0 aliphatic carbocycles. The number of alkyl halides is 3. The van der Waals surface area contributed by atoms with Crippen molar-refractivity contribution in [3.63, 3.8) is 0 Å². The second-order valence-electron chi connectivity index (χ2n) is 2.69. The Morgan fingerprint density at radius 1 is 1.41 bits per heavy atom. The number of anilines is 1. The fourth-order valence-corrected chi connectivity index (χ4v) is 1.93. The first-order valence-electron chi connectivity index (χ1n) is 4.01. The van der Waals surface area contributed by atoms with Crippen LogP contribution in [0, 0.1) is 0 Å². The normalized spacial score (nSPS) is 11.1. The zero-order valence-electron chi connectivity index (χ0n) is 8.25. The van der Waals surface area contributed by atoms with Crippen LogP contribution in [-0.4, -0.2) is 25.5 Å². The molecule has 9 heteroatoms. The van der Waals surface area contributed by atoms with Gasteiger partial charge in [0.05, 0.1) is 12.7 Å². The maximum atomic E-state index is 12.4. The van der Waals surface area contributed by atoms with E-state index in [0.29, 0.717) is 11.3 Å². The van der Waals surface area contributed by atoms with E-state index in [1.54, 1.807) is 0 Å². The van der Waals surface area contributed by atoms with Crippen LogP contribution in [0.3, 0.4) is 0 Å². The van der Waals surface area contributed by atoms with Crippen molar-refractivity contribution in [3.05, 3.63) is 17.0 Å². The van der Waals surface area contributed by atoms with Gasteiger partial charge in [0.15, 0.2) is 0 Å². The van der Waals surface area contributed by atoms with Crippen LogP contribution in [-0.2, 0) is 4.74 Å². The highest BCUT2D eigenvalue weighted by molar-refractivity contribution is 7.14. The van der Waals surface area contributed by atoms with Crippen LogP contribution in [0.5, 0.6) is 0 Å². The Kier molecular flexibility index (Phi) is 3.71. The molecule has 0 aliphatic heterocycles. The second kappa shape index (κ2) is 4.70. The van der Waals surface area contributed by atoms with Crippen LogP contribution in [0.4, 0.5) is 27.4 Å². The van der Waals surface area contributed by atoms with E-state index in [0.717, 1.165) is 18.6 Å². The number of carbonyl (C=O) groups excluding carboxylic acids is 2. The highest BCUT2D eigenvalue weighted by Crippen LogP contribution is 2.36. The minimum atomic E-state index is -5.25. The minimum Gasteiger partial charge on any atom is -0.465 e. The molecule has 94 valence electrons. The van der Waals surface area contributed by atoms with Gasteiger partial charge in [0.1, 0.15) is 5.00 Å². The van der Waals surface area contributed by atoms with Crippen molar-refractivity contribution >= 4 is 28.5 Å². The van der Waals surface area contributed by atoms with Crippen LogP contribution < -0.4 is 4.90 Å². The standard InChI is InChI=1S/C8H5F4NO3S/c1-16-6(14)4-2-3-17-5(4)13(7(9)15)8(10,11)12/h2-3H,1H3. The van der Waals surface area contributed by atoms with Crippen molar-refractivity contribution in [1.29, 1.82) is 0 Å². The number of carbonyl (C=O) groups is 2. The van der Waals surface area contributed by atoms with Gasteiger partial charge in [0.25, 0.3) is 0 Å². The summed E-state index contributed by atoms with van der Waals surface area (Å²) in [6.07, 6.45) is -7.97. The molecule has 1 amide bonds. The zero-order valence-corrected chi connectivity index (χ0v) is 9.06. The van der Waals surface area contributed by atoms with Gasteiger partial charge < -0.3 is 4.74 Å². The van der Waals surface area contributed by atoms with Crippen molar-refractivity contribution in [2.24, 2.45) is 0 Å². The monoisotopic (exact) mass is 271 g/mol. The van der Waals surface area contributed by atoms with Crippen molar-refractivity contribution in [3.8, 4) is 0 Å². The van der Waals surface area contributed by atoms with Crippen LogP contribution in [0.1, 0.15) is 10.4 Å². The molecule has 0 spiro atoms. The molecule has 1 heterocycles. The molecule has 0 saturated carbocycles. The number of esters is 1. The lowest BCUT2D eigenvalue weighted by Gasteiger charge is -2.20. The first kappa shape index (κ1) is 13.4. The SMILES string of the molecule is COC(=O)c1ccsc1N(C(=O)F)C(F)(F)F. The number of rotatable bonds is 2. The molecule has 0 aromatic carbocycles. The number of halogens is 4. The molecule has 0 fully saturated rings. The molecule has 4 nitrogen and oxygen atoms in total. The van der Waals surface area contributed by atoms with Crippen molar-refractivity contribution < 1.29 is 31.9 Å². The highest BCUT2D eigenvalue weighted by Gasteiger charge is 2.45. The third-order valence-electron chi connectivity index (χ3n) is 1.68. The van der Waals surface area contributed by atoms with Gasteiger partial charge in [-0.25, -0.2) is 9.59 Å². The van der Waals surface area contributed by atoms with Crippen molar-refractivity contribution in [1.82, 2.24) is 0 Å². The third-order valence-corrected chi connectivity index (χ3v) is 2.58. The highest BCUT2D eigenvalue weighted by atomic mass is 32.1. The number of hydrogen-bond acceptors (Lipinski definition) is 4. The van der Waals surface area contributed by atoms with Crippen molar-refractivity contribution in [2.75, 3.05) is 12.0 Å². The van der Waals surface area contributed by atoms with Gasteiger partial charge >= 0.3 is 18.4 Å². The molecule has 0 atom stereocenters. The predicted molar refractivity (Wildman–Crippen MR) is 50.7 cm³/mol. The topological polar surface area (TPSA) is 46.6 Å². The summed E-state index contributed by atoms with van der Waals surface area (Å²) in [6.45, 7) is 0. The Morgan fingerprint density at radius 3 is 2.41 bits per heavy atom. The molecule has 1 aromatic rings. The lowest BCUT2D eigenvalue weighted by molar-refractivity contribution is -0.122. The zero-order chi connectivity index (χ0) is 13.2. The fraction of sp³-hybridized carbons (Fsp3) is 0.250. The van der Waals surface area contributed by atoms with E-state index in [1.807, 2.05) is 0 Å². The minimum absolute atomic E-state index is 0.401. The third kappa shape index (κ3) is 2.73. The number of nitrogens with zero attached hydrogens (tertiary/aromatic N) is 1. The summed E-state index contributed by atoms with van der Waals surface area (Å²) in [7, 11) is 0.957. The molecule has 0 saturated heterocycles. The number of thiophene rings is 1. The van der Waals surface area contributed by atoms with Gasteiger partial charge in [-0.2, -0.15) is 4.90 Å². The molecule has 17 heavy (non-hydrogen) atoms. The summed E-state index contributed by atoms with van der Waals surface area (Å²) < 4.78 is 53.8. The Labute approximate surface area is 96.4 Å². The summed E-state index contributed by atoms with van der Waals surface area (Å²) in [5.74, 6) is -1.09. The van der Waals surface area contributed by atoms with Gasteiger partial charge in [0, 0.05) is 0 Å². The van der Waals surface area contributed by atoms with Crippen LogP contribution >= 0.6 is 11.3 Å². The lowest BCUT2D eigenvalue weighted by Crippen LogP contribution is -2.40. The van der Waals surface area contributed by atoms with E-state index in [1.165, 1.54) is 0 Å². The summed E-state index contributed by atoms with van der Waals surface area (Å²) >= 11 is 0.401. The van der Waals surface area contributed by atoms with Gasteiger partial charge in [-0.3, -0.25) is 0 Å². The number of methoxy groups -OCH3 is 1. The molecular formula is C8H5F4NO3S. The molecule has 1 rings (SSSR count). The second-order valence-corrected chi connectivity index (χ2v) is 3.58. The molecule has 0 radical (unpaired) electrons. The van der Waals surface area contributed by atoms with Crippen molar-refractivity contribution in [2.45, 2.75) is 6.30 Å². The quantitative estimate of drug-likeness (QED) is 0.359. The van der Waals surface area contributed by atoms with Crippen LogP contribution in [0.25, 0.3) is 0 Å². The first-order valence-corrected chi connectivity index (χ1v) is 4.89. The van der Waals surface area contributed by atoms with Crippen LogP contribution in [0.15, 0.2) is 11.4 Å². The number of hydrogen-bond donors (Lipinski definition) is 0. The maximum Gasteiger partial charge on any atom is 0.494 e. The van der Waals surface area contributed by atoms with Crippen LogP contribution in [0.2, 0.25) is 0 Å². The lowest BCUT2D eigenvalue weighted by atomic mass is 10.3. The summed E-state index contributed by atoms with van der Waals surface area (Å²) in [5, 5.41) is 0.250. The fourth-order valence-electron chi connectivity index (χ4n) is 1.03. The largest absolute Gasteiger partial charge is 0.494 e. The van der Waals surface area contributed by atoms with Gasteiger partial charge in [-0.1, -0.05) is 0 Å². The van der Waals surface area contributed by atoms with Gasteiger partial charge in [-0.05, 0) is 11.4 Å². The van der Waals surface area contributed by atoms with Gasteiger partial charge in [-0.15, -0.1) is 28.9 Å². The Balaban J connectivity index is 3.26. The van der Waals surface area contributed by atoms with Gasteiger partial charge in [0.2, 0.25) is 0 Å². The number of amides is 1. The molecular weight excluding hydrogens is 266 g/mol. The molecule has 0 bridgehead atoms. The van der Waals surface area contributed by atoms with E-state index in [-0.39, 0.29) is 0 Å². The van der Waals surface area contributed by atoms with E-state index < -0.39 is 33.9 Å². The van der Waals surface area contributed by atoms with E-state index in [4.69, 9.17) is 0 Å². The average Bonchev–Trinajstić information content (AvgIpc) is 2.62. The van der Waals surface area contributed by atoms with E-state index >= 15 is 0 Å².